The van der Waals surface area contributed by atoms with E-state index in [0.29, 0.717) is 11.5 Å². The largest absolute Gasteiger partial charge is 0.465 e. The molecule has 4 nitrogen and oxygen atoms in total. The summed E-state index contributed by atoms with van der Waals surface area (Å²) in [6.45, 7) is 0. The number of ether oxygens (including phenoxy) is 1. The fourth-order valence-corrected chi connectivity index (χ4v) is 2.71. The van der Waals surface area contributed by atoms with Gasteiger partial charge in [0.2, 0.25) is 0 Å². The van der Waals surface area contributed by atoms with Crippen LogP contribution in [0.4, 0.5) is 0 Å². The van der Waals surface area contributed by atoms with Crippen LogP contribution in [0, 0.1) is 0 Å². The summed E-state index contributed by atoms with van der Waals surface area (Å²) >= 11 is 1.63. The molecule has 3 rings (SSSR count). The molecule has 2 aromatic rings. The molecule has 82 valence electrons. The van der Waals surface area contributed by atoms with Crippen molar-refractivity contribution in [1.29, 1.82) is 0 Å². The number of hydrogen-bond acceptors (Lipinski definition) is 5. The van der Waals surface area contributed by atoms with Gasteiger partial charge in [0.15, 0.2) is 5.65 Å². The zero-order valence-electron chi connectivity index (χ0n) is 8.77. The van der Waals surface area contributed by atoms with Gasteiger partial charge in [0.25, 0.3) is 0 Å². The van der Waals surface area contributed by atoms with Crippen LogP contribution >= 0.6 is 11.3 Å². The minimum Gasteiger partial charge on any atom is -0.465 e. The molecule has 16 heavy (non-hydrogen) atoms. The van der Waals surface area contributed by atoms with Gasteiger partial charge >= 0.3 is 5.97 Å². The van der Waals surface area contributed by atoms with E-state index in [1.165, 1.54) is 26.1 Å². The average Bonchev–Trinajstić information content (AvgIpc) is 3.07. The third-order valence-corrected chi connectivity index (χ3v) is 3.77. The van der Waals surface area contributed by atoms with Crippen molar-refractivity contribution < 1.29 is 9.53 Å². The number of carbonyl (C=O) groups excluding carboxylic acids is 1. The second-order valence-corrected chi connectivity index (χ2v) is 4.93. The molecule has 1 aliphatic carbocycles. The number of carbonyl (C=O) groups is 1. The van der Waals surface area contributed by atoms with E-state index in [1.54, 1.807) is 17.4 Å². The summed E-state index contributed by atoms with van der Waals surface area (Å²) in [5, 5.41) is 1.14. The monoisotopic (exact) mass is 234 g/mol. The van der Waals surface area contributed by atoms with Crippen molar-refractivity contribution in [3.8, 4) is 0 Å². The second kappa shape index (κ2) is 3.52. The van der Waals surface area contributed by atoms with Crippen LogP contribution in [0.5, 0.6) is 0 Å². The standard InChI is InChI=1S/C11H10N2O2S/c1-15-11(14)7-4-8-9(12-5-7)13-10(16-8)6-2-3-6/h4-6H,2-3H2,1H3. The molecule has 0 unspecified atom stereocenters. The zero-order chi connectivity index (χ0) is 11.1. The highest BCUT2D eigenvalue weighted by atomic mass is 32.1. The summed E-state index contributed by atoms with van der Waals surface area (Å²) in [5.74, 6) is 0.275. The molecular weight excluding hydrogens is 224 g/mol. The molecule has 0 atom stereocenters. The Balaban J connectivity index is 2.06. The first-order valence-corrected chi connectivity index (χ1v) is 5.94. The van der Waals surface area contributed by atoms with Crippen molar-refractivity contribution in [2.45, 2.75) is 18.8 Å². The highest BCUT2D eigenvalue weighted by Gasteiger charge is 2.27. The van der Waals surface area contributed by atoms with Gasteiger partial charge in [-0.05, 0) is 18.9 Å². The van der Waals surface area contributed by atoms with E-state index >= 15 is 0 Å². The highest BCUT2D eigenvalue weighted by molar-refractivity contribution is 7.18. The maximum Gasteiger partial charge on any atom is 0.339 e. The lowest BCUT2D eigenvalue weighted by molar-refractivity contribution is 0.0600. The Bertz CT molecular complexity index is 560. The van der Waals surface area contributed by atoms with Crippen LogP contribution < -0.4 is 0 Å². The van der Waals surface area contributed by atoms with Crippen LogP contribution in [0.25, 0.3) is 10.3 Å². The van der Waals surface area contributed by atoms with Gasteiger partial charge in [0.1, 0.15) is 0 Å². The molecule has 0 amide bonds. The molecule has 5 heteroatoms. The maximum absolute atomic E-state index is 11.3. The zero-order valence-corrected chi connectivity index (χ0v) is 9.58. The Labute approximate surface area is 96.3 Å². The highest BCUT2D eigenvalue weighted by Crippen LogP contribution is 2.42. The van der Waals surface area contributed by atoms with Gasteiger partial charge in [0.05, 0.1) is 22.4 Å². The van der Waals surface area contributed by atoms with Crippen molar-refractivity contribution in [3.05, 3.63) is 22.8 Å². The number of hydrogen-bond donors (Lipinski definition) is 0. The maximum atomic E-state index is 11.3. The number of fused-ring (bicyclic) bond motifs is 1. The number of thiazole rings is 1. The Morgan fingerprint density at radius 2 is 2.38 bits per heavy atom. The van der Waals surface area contributed by atoms with E-state index in [0.717, 1.165) is 15.4 Å². The molecular formula is C11H10N2O2S. The van der Waals surface area contributed by atoms with Gasteiger partial charge in [-0.2, -0.15) is 0 Å². The van der Waals surface area contributed by atoms with Gasteiger partial charge in [-0.25, -0.2) is 14.8 Å². The molecule has 2 heterocycles. The molecule has 1 saturated carbocycles. The first-order valence-electron chi connectivity index (χ1n) is 5.12. The Kier molecular flexibility index (Phi) is 2.14. The Hall–Kier alpha value is -1.49. The summed E-state index contributed by atoms with van der Waals surface area (Å²) in [6.07, 6.45) is 3.97. The third kappa shape index (κ3) is 1.57. The number of nitrogens with zero attached hydrogens (tertiary/aromatic N) is 2. The number of methoxy groups -OCH3 is 1. The molecule has 0 N–H and O–H groups in total. The number of rotatable bonds is 2. The molecule has 2 aromatic heterocycles. The van der Waals surface area contributed by atoms with Crippen molar-refractivity contribution in [1.82, 2.24) is 9.97 Å². The SMILES string of the molecule is COC(=O)c1cnc2nc(C3CC3)sc2c1. The van der Waals surface area contributed by atoms with E-state index in [2.05, 4.69) is 14.7 Å². The quantitative estimate of drug-likeness (QED) is 0.748. The van der Waals surface area contributed by atoms with Crippen LogP contribution in [-0.4, -0.2) is 23.0 Å². The lowest BCUT2D eigenvalue weighted by atomic mass is 10.3. The van der Waals surface area contributed by atoms with Crippen molar-refractivity contribution >= 4 is 27.7 Å². The van der Waals surface area contributed by atoms with Gasteiger partial charge in [-0.3, -0.25) is 0 Å². The summed E-state index contributed by atoms with van der Waals surface area (Å²) in [6, 6.07) is 1.80. The third-order valence-electron chi connectivity index (χ3n) is 2.61. The first-order chi connectivity index (χ1) is 7.78. The summed E-state index contributed by atoms with van der Waals surface area (Å²) in [7, 11) is 1.37. The van der Waals surface area contributed by atoms with Crippen molar-refractivity contribution in [3.63, 3.8) is 0 Å². The summed E-state index contributed by atoms with van der Waals surface area (Å²) in [5.41, 5.74) is 1.22. The summed E-state index contributed by atoms with van der Waals surface area (Å²) < 4.78 is 5.62. The molecule has 1 fully saturated rings. The molecule has 0 bridgehead atoms. The normalized spacial score (nSPS) is 15.3. The van der Waals surface area contributed by atoms with Gasteiger partial charge in [-0.1, -0.05) is 0 Å². The lowest BCUT2D eigenvalue weighted by Gasteiger charge is -1.96. The number of pyridine rings is 1. The molecule has 0 saturated heterocycles. The molecule has 1 aliphatic rings. The van der Waals surface area contributed by atoms with E-state index < -0.39 is 0 Å². The Morgan fingerprint density at radius 3 is 3.06 bits per heavy atom. The van der Waals surface area contributed by atoms with Crippen molar-refractivity contribution in [2.75, 3.05) is 7.11 Å². The minimum absolute atomic E-state index is 0.351. The van der Waals surface area contributed by atoms with Crippen LogP contribution in [0.1, 0.15) is 34.1 Å². The number of esters is 1. The van der Waals surface area contributed by atoms with E-state index in [1.807, 2.05) is 0 Å². The molecule has 0 aromatic carbocycles. The smallest absolute Gasteiger partial charge is 0.339 e. The van der Waals surface area contributed by atoms with Gasteiger partial charge in [0, 0.05) is 12.1 Å². The van der Waals surface area contributed by atoms with Crippen LogP contribution in [0.3, 0.4) is 0 Å². The van der Waals surface area contributed by atoms with Crippen LogP contribution in [0.2, 0.25) is 0 Å². The van der Waals surface area contributed by atoms with Crippen molar-refractivity contribution in [2.24, 2.45) is 0 Å². The first kappa shape index (κ1) is 9.72. The average molecular weight is 234 g/mol. The predicted molar refractivity (Wildman–Crippen MR) is 60.7 cm³/mol. The molecule has 0 aliphatic heterocycles. The molecule has 0 spiro atoms. The second-order valence-electron chi connectivity index (χ2n) is 3.86. The Morgan fingerprint density at radius 1 is 1.56 bits per heavy atom. The lowest BCUT2D eigenvalue weighted by Crippen LogP contribution is -2.01. The van der Waals surface area contributed by atoms with E-state index in [4.69, 9.17) is 0 Å². The molecule has 0 radical (unpaired) electrons. The van der Waals surface area contributed by atoms with Gasteiger partial charge < -0.3 is 4.74 Å². The minimum atomic E-state index is -0.351. The summed E-state index contributed by atoms with van der Waals surface area (Å²) in [4.78, 5) is 20.0. The fourth-order valence-electron chi connectivity index (χ4n) is 1.57. The van der Waals surface area contributed by atoms with E-state index in [-0.39, 0.29) is 5.97 Å². The van der Waals surface area contributed by atoms with E-state index in [9.17, 15) is 4.79 Å². The van der Waals surface area contributed by atoms with Crippen LogP contribution in [-0.2, 0) is 4.74 Å². The van der Waals surface area contributed by atoms with Crippen LogP contribution in [0.15, 0.2) is 12.3 Å². The van der Waals surface area contributed by atoms with Gasteiger partial charge in [-0.15, -0.1) is 11.3 Å². The topological polar surface area (TPSA) is 52.1 Å². The predicted octanol–water partition coefficient (Wildman–Crippen LogP) is 2.36. The number of aromatic nitrogens is 2. The fraction of sp³-hybridized carbons (Fsp3) is 0.364.